The van der Waals surface area contributed by atoms with Gasteiger partial charge >= 0.3 is 0 Å². The van der Waals surface area contributed by atoms with Gasteiger partial charge in [0.2, 0.25) is 11.6 Å². The van der Waals surface area contributed by atoms with E-state index in [1.54, 1.807) is 0 Å². The molecule has 11 heteroatoms. The van der Waals surface area contributed by atoms with Crippen molar-refractivity contribution in [1.82, 2.24) is 35.6 Å². The van der Waals surface area contributed by atoms with E-state index in [1.165, 1.54) is 29.5 Å². The van der Waals surface area contributed by atoms with Gasteiger partial charge in [-0.2, -0.15) is 9.78 Å². The highest BCUT2D eigenvalue weighted by molar-refractivity contribution is 5.93. The van der Waals surface area contributed by atoms with Crippen molar-refractivity contribution in [3.63, 3.8) is 0 Å². The van der Waals surface area contributed by atoms with Crippen molar-refractivity contribution in [2.45, 2.75) is 57.9 Å². The molecule has 1 saturated heterocycles. The van der Waals surface area contributed by atoms with Crippen LogP contribution in [-0.4, -0.2) is 55.4 Å². The number of amides is 1. The predicted molar refractivity (Wildman–Crippen MR) is 134 cm³/mol. The van der Waals surface area contributed by atoms with Crippen LogP contribution in [-0.2, 0) is 13.0 Å². The van der Waals surface area contributed by atoms with Gasteiger partial charge in [-0.25, -0.2) is 10.1 Å². The summed E-state index contributed by atoms with van der Waals surface area (Å²) in [5, 5.41) is 20.0. The quantitative estimate of drug-likeness (QED) is 0.362. The topological polar surface area (TPSA) is 140 Å². The summed E-state index contributed by atoms with van der Waals surface area (Å²) in [5.74, 6) is 0.954. The van der Waals surface area contributed by atoms with Crippen LogP contribution in [0.2, 0.25) is 0 Å². The Morgan fingerprint density at radius 1 is 1.11 bits per heavy atom. The highest BCUT2D eigenvalue weighted by atomic mass is 16.6. The van der Waals surface area contributed by atoms with E-state index in [1.807, 2.05) is 6.21 Å². The molecule has 3 N–H and O–H groups in total. The summed E-state index contributed by atoms with van der Waals surface area (Å²) < 4.78 is 6.21. The van der Waals surface area contributed by atoms with Crippen LogP contribution in [0.4, 0.5) is 5.82 Å². The number of hydrazone groups is 1. The van der Waals surface area contributed by atoms with Crippen molar-refractivity contribution in [3.05, 3.63) is 47.3 Å². The number of carbonyl (C=O) groups excluding carboxylic acids is 1. The van der Waals surface area contributed by atoms with Gasteiger partial charge in [0, 0.05) is 12.8 Å². The standard InChI is InChI=1S/C25H33N9O2/c26-23-24(31-36-30-23)34-21(17-33-13-11-19(12-14-33)15-18-7-3-1-4-8-18)22(28-32-34)25(35)29-27-16-20-9-5-2-6-10-20/h1,3-4,7-8,16,19-20H,2,5-6,9-15,17H2,(H2,26,30)(H,29,35)/b27-16-. The zero-order valence-electron chi connectivity index (χ0n) is 20.4. The van der Waals surface area contributed by atoms with Crippen LogP contribution in [0.5, 0.6) is 0 Å². The summed E-state index contributed by atoms with van der Waals surface area (Å²) in [7, 11) is 0. The Kier molecular flexibility index (Phi) is 7.65. The third kappa shape index (κ3) is 5.78. The highest BCUT2D eigenvalue weighted by Gasteiger charge is 2.27. The molecule has 2 aromatic heterocycles. The summed E-state index contributed by atoms with van der Waals surface area (Å²) >= 11 is 0. The zero-order valence-corrected chi connectivity index (χ0v) is 20.4. The van der Waals surface area contributed by atoms with Crippen molar-refractivity contribution in [1.29, 1.82) is 0 Å². The van der Waals surface area contributed by atoms with Crippen LogP contribution in [0, 0.1) is 11.8 Å². The largest absolute Gasteiger partial charge is 0.378 e. The minimum atomic E-state index is -0.405. The number of anilines is 1. The van der Waals surface area contributed by atoms with Gasteiger partial charge < -0.3 is 5.73 Å². The molecule has 3 aromatic rings. The molecule has 1 aromatic carbocycles. The van der Waals surface area contributed by atoms with Gasteiger partial charge in [-0.15, -0.1) is 5.10 Å². The average Bonchev–Trinajstić information content (AvgIpc) is 3.52. The van der Waals surface area contributed by atoms with E-state index in [-0.39, 0.29) is 17.3 Å². The lowest BCUT2D eigenvalue weighted by molar-refractivity contribution is 0.0946. The molecule has 0 unspecified atom stereocenters. The summed E-state index contributed by atoms with van der Waals surface area (Å²) in [4.78, 5) is 15.3. The van der Waals surface area contributed by atoms with E-state index in [2.05, 4.69) is 66.4 Å². The summed E-state index contributed by atoms with van der Waals surface area (Å²) in [6.45, 7) is 2.30. The van der Waals surface area contributed by atoms with Crippen LogP contribution in [0.3, 0.4) is 0 Å². The molecular weight excluding hydrogens is 458 g/mol. The SMILES string of the molecule is Nc1nonc1-n1nnc(C(=O)N/N=C\C2CCCCC2)c1CN1CCC(Cc2ccccc2)CC1. The molecule has 190 valence electrons. The summed E-state index contributed by atoms with van der Waals surface area (Å²) in [6.07, 6.45) is 11.0. The molecule has 0 atom stereocenters. The molecule has 0 bridgehead atoms. The number of hydrogen-bond acceptors (Lipinski definition) is 9. The molecular formula is C25H33N9O2. The second-order valence-electron chi connectivity index (χ2n) is 9.80. The van der Waals surface area contributed by atoms with E-state index >= 15 is 0 Å². The number of likely N-dealkylation sites (tertiary alicyclic amines) is 1. The van der Waals surface area contributed by atoms with Crippen LogP contribution in [0.1, 0.15) is 66.7 Å². The van der Waals surface area contributed by atoms with Gasteiger partial charge in [-0.05, 0) is 72.9 Å². The van der Waals surface area contributed by atoms with Crippen molar-refractivity contribution in [2.75, 3.05) is 18.8 Å². The molecule has 5 rings (SSSR count). The number of nitrogens with one attached hydrogen (secondary N) is 1. The molecule has 0 spiro atoms. The minimum absolute atomic E-state index is 0.0880. The fraction of sp³-hybridized carbons (Fsp3) is 0.520. The number of aromatic nitrogens is 5. The zero-order chi connectivity index (χ0) is 24.7. The molecule has 2 fully saturated rings. The molecule has 36 heavy (non-hydrogen) atoms. The Labute approximate surface area is 210 Å². The molecule has 0 radical (unpaired) electrons. The number of benzene rings is 1. The number of rotatable bonds is 8. The van der Waals surface area contributed by atoms with E-state index in [9.17, 15) is 4.79 Å². The van der Waals surface area contributed by atoms with Crippen molar-refractivity contribution in [3.8, 4) is 5.82 Å². The number of nitrogens with zero attached hydrogens (tertiary/aromatic N) is 7. The first-order chi connectivity index (χ1) is 17.7. The summed E-state index contributed by atoms with van der Waals surface area (Å²) in [6, 6.07) is 10.6. The van der Waals surface area contributed by atoms with Gasteiger partial charge in [-0.1, -0.05) is 54.8 Å². The lowest BCUT2D eigenvalue weighted by atomic mass is 9.90. The van der Waals surface area contributed by atoms with E-state index in [0.29, 0.717) is 24.1 Å². The molecule has 3 heterocycles. The van der Waals surface area contributed by atoms with Gasteiger partial charge in [0.1, 0.15) is 0 Å². The maximum absolute atomic E-state index is 13.0. The number of hydrogen-bond donors (Lipinski definition) is 2. The van der Waals surface area contributed by atoms with Crippen LogP contribution < -0.4 is 11.2 Å². The van der Waals surface area contributed by atoms with E-state index < -0.39 is 5.91 Å². The summed E-state index contributed by atoms with van der Waals surface area (Å²) in [5.41, 5.74) is 10.7. The fourth-order valence-electron chi connectivity index (χ4n) is 5.17. The molecule has 1 saturated carbocycles. The molecule has 1 amide bonds. The Morgan fingerprint density at radius 2 is 1.89 bits per heavy atom. The van der Waals surface area contributed by atoms with Crippen molar-refractivity contribution in [2.24, 2.45) is 16.9 Å². The maximum atomic E-state index is 13.0. The van der Waals surface area contributed by atoms with Crippen molar-refractivity contribution >= 4 is 17.9 Å². The molecule has 11 nitrogen and oxygen atoms in total. The number of nitrogen functional groups attached to an aromatic ring is 1. The lowest BCUT2D eigenvalue weighted by Gasteiger charge is -2.32. The molecule has 1 aliphatic heterocycles. The number of carbonyl (C=O) groups is 1. The van der Waals surface area contributed by atoms with Gasteiger partial charge in [-0.3, -0.25) is 9.69 Å². The first-order valence-corrected chi connectivity index (χ1v) is 12.8. The first kappa shape index (κ1) is 24.1. The van der Waals surface area contributed by atoms with E-state index in [4.69, 9.17) is 10.4 Å². The van der Waals surface area contributed by atoms with Crippen LogP contribution >= 0.6 is 0 Å². The van der Waals surface area contributed by atoms with Crippen LogP contribution in [0.25, 0.3) is 5.82 Å². The Morgan fingerprint density at radius 3 is 2.61 bits per heavy atom. The van der Waals surface area contributed by atoms with E-state index in [0.717, 1.165) is 45.2 Å². The second-order valence-corrected chi connectivity index (χ2v) is 9.80. The monoisotopic (exact) mass is 491 g/mol. The molecule has 1 aliphatic carbocycles. The Bertz CT molecular complexity index is 1160. The Hall–Kier alpha value is -3.60. The minimum Gasteiger partial charge on any atom is -0.378 e. The maximum Gasteiger partial charge on any atom is 0.293 e. The van der Waals surface area contributed by atoms with Gasteiger partial charge in [0.05, 0.1) is 5.69 Å². The normalized spacial score (nSPS) is 18.1. The lowest BCUT2D eigenvalue weighted by Crippen LogP contribution is -2.35. The van der Waals surface area contributed by atoms with Gasteiger partial charge in [0.15, 0.2) is 5.69 Å². The van der Waals surface area contributed by atoms with Gasteiger partial charge in [0.25, 0.3) is 5.91 Å². The number of nitrogens with two attached hydrogens (primary N) is 1. The first-order valence-electron chi connectivity index (χ1n) is 12.8. The van der Waals surface area contributed by atoms with Crippen LogP contribution in [0.15, 0.2) is 40.1 Å². The average molecular weight is 492 g/mol. The highest BCUT2D eigenvalue weighted by Crippen LogP contribution is 2.25. The predicted octanol–water partition coefficient (Wildman–Crippen LogP) is 2.98. The smallest absolute Gasteiger partial charge is 0.293 e. The number of piperidine rings is 1. The third-order valence-electron chi connectivity index (χ3n) is 7.22. The Balaban J connectivity index is 1.27. The molecule has 2 aliphatic rings. The third-order valence-corrected chi connectivity index (χ3v) is 7.22. The second kappa shape index (κ2) is 11.4. The fourth-order valence-corrected chi connectivity index (χ4v) is 5.17. The van der Waals surface area contributed by atoms with Crippen molar-refractivity contribution < 1.29 is 9.42 Å².